The maximum absolute atomic E-state index is 13.6. The minimum absolute atomic E-state index is 0.123. The summed E-state index contributed by atoms with van der Waals surface area (Å²) >= 11 is 0. The number of ether oxygens (including phenoxy) is 3. The van der Waals surface area contributed by atoms with Gasteiger partial charge < -0.3 is 19.5 Å². The van der Waals surface area contributed by atoms with E-state index in [0.717, 1.165) is 18.4 Å². The molecule has 0 radical (unpaired) electrons. The molecule has 1 amide bonds. The number of nitrogens with one attached hydrogen (secondary N) is 1. The third kappa shape index (κ3) is 4.67. The van der Waals surface area contributed by atoms with Crippen molar-refractivity contribution in [2.75, 3.05) is 19.8 Å². The summed E-state index contributed by atoms with van der Waals surface area (Å²) in [5.74, 6) is -3.07. The summed E-state index contributed by atoms with van der Waals surface area (Å²) in [5, 5.41) is 2.44. The van der Waals surface area contributed by atoms with E-state index in [4.69, 9.17) is 14.2 Å². The van der Waals surface area contributed by atoms with E-state index in [2.05, 4.69) is 5.32 Å². The molecule has 8 heteroatoms. The van der Waals surface area contributed by atoms with Crippen LogP contribution in [0.1, 0.15) is 18.5 Å². The van der Waals surface area contributed by atoms with E-state index >= 15 is 0 Å². The lowest BCUT2D eigenvalue weighted by atomic mass is 10.1. The zero-order chi connectivity index (χ0) is 16.8. The standard InChI is InChI=1S/C15H15F2NO5/c1-9(11-3-2-10(16)6-12(11)17)18-14(19)8-23-15(20)13-7-21-4-5-22-13/h2-3,6-7,9H,4-5,8H2,1H3,(H,18,19)/t9-/m0/s1. The lowest BCUT2D eigenvalue weighted by Crippen LogP contribution is -2.32. The molecule has 0 unspecified atom stereocenters. The molecule has 2 rings (SSSR count). The Hall–Kier alpha value is -2.64. The number of rotatable bonds is 5. The SMILES string of the molecule is C[C@H](NC(=O)COC(=O)C1=COCCO1)c1ccc(F)cc1F. The van der Waals surface area contributed by atoms with E-state index in [9.17, 15) is 18.4 Å². The van der Waals surface area contributed by atoms with Crippen molar-refractivity contribution in [1.82, 2.24) is 5.32 Å². The molecule has 1 aromatic rings. The van der Waals surface area contributed by atoms with E-state index in [1.807, 2.05) is 0 Å². The van der Waals surface area contributed by atoms with Gasteiger partial charge in [0.05, 0.1) is 6.04 Å². The fraction of sp³-hybridized carbons (Fsp3) is 0.333. The third-order valence-corrected chi connectivity index (χ3v) is 2.99. The minimum atomic E-state index is -0.833. The Morgan fingerprint density at radius 2 is 2.13 bits per heavy atom. The fourth-order valence-corrected chi connectivity index (χ4v) is 1.89. The Kier molecular flexibility index (Phi) is 5.51. The summed E-state index contributed by atoms with van der Waals surface area (Å²) in [6.45, 7) is 1.51. The molecule has 0 saturated heterocycles. The summed E-state index contributed by atoms with van der Waals surface area (Å²) in [4.78, 5) is 23.3. The van der Waals surface area contributed by atoms with Crippen LogP contribution < -0.4 is 5.32 Å². The van der Waals surface area contributed by atoms with Gasteiger partial charge in [-0.1, -0.05) is 6.07 Å². The predicted molar refractivity (Wildman–Crippen MR) is 73.9 cm³/mol. The average Bonchev–Trinajstić information content (AvgIpc) is 2.53. The van der Waals surface area contributed by atoms with Gasteiger partial charge in [-0.3, -0.25) is 4.79 Å². The molecule has 0 fully saturated rings. The van der Waals surface area contributed by atoms with Crippen LogP contribution in [-0.4, -0.2) is 31.7 Å². The third-order valence-electron chi connectivity index (χ3n) is 2.99. The molecular weight excluding hydrogens is 312 g/mol. The monoisotopic (exact) mass is 327 g/mol. The minimum Gasteiger partial charge on any atom is -0.493 e. The van der Waals surface area contributed by atoms with Crippen molar-refractivity contribution >= 4 is 11.9 Å². The van der Waals surface area contributed by atoms with E-state index in [1.165, 1.54) is 13.0 Å². The van der Waals surface area contributed by atoms with Gasteiger partial charge in [0.15, 0.2) is 6.61 Å². The van der Waals surface area contributed by atoms with Gasteiger partial charge in [0.2, 0.25) is 5.76 Å². The van der Waals surface area contributed by atoms with Gasteiger partial charge in [0.25, 0.3) is 5.91 Å². The number of hydrogen-bond acceptors (Lipinski definition) is 5. The van der Waals surface area contributed by atoms with E-state index in [0.29, 0.717) is 6.61 Å². The second-order valence-corrected chi connectivity index (χ2v) is 4.73. The van der Waals surface area contributed by atoms with Crippen molar-refractivity contribution in [1.29, 1.82) is 0 Å². The Balaban J connectivity index is 1.84. The summed E-state index contributed by atoms with van der Waals surface area (Å²) in [7, 11) is 0. The van der Waals surface area contributed by atoms with Gasteiger partial charge in [0.1, 0.15) is 31.1 Å². The predicted octanol–water partition coefficient (Wildman–Crippen LogP) is 1.57. The molecule has 6 nitrogen and oxygen atoms in total. The Morgan fingerprint density at radius 3 is 2.78 bits per heavy atom. The first-order valence-corrected chi connectivity index (χ1v) is 6.83. The first-order valence-electron chi connectivity index (χ1n) is 6.83. The van der Waals surface area contributed by atoms with Gasteiger partial charge in [-0.15, -0.1) is 0 Å². The topological polar surface area (TPSA) is 73.9 Å². The van der Waals surface area contributed by atoms with Crippen LogP contribution in [0.25, 0.3) is 0 Å². The number of esters is 1. The molecule has 0 bridgehead atoms. The fourth-order valence-electron chi connectivity index (χ4n) is 1.89. The van der Waals surface area contributed by atoms with E-state index < -0.39 is 36.2 Å². The van der Waals surface area contributed by atoms with Crippen LogP contribution in [0.3, 0.4) is 0 Å². The maximum Gasteiger partial charge on any atom is 0.377 e. The van der Waals surface area contributed by atoms with Gasteiger partial charge in [0, 0.05) is 11.6 Å². The largest absolute Gasteiger partial charge is 0.493 e. The van der Waals surface area contributed by atoms with Crippen LogP contribution in [0.4, 0.5) is 8.78 Å². The van der Waals surface area contributed by atoms with Crippen LogP contribution in [-0.2, 0) is 23.8 Å². The number of amides is 1. The van der Waals surface area contributed by atoms with Crippen LogP contribution in [0.15, 0.2) is 30.2 Å². The van der Waals surface area contributed by atoms with Crippen molar-refractivity contribution < 1.29 is 32.6 Å². The summed E-state index contributed by atoms with van der Waals surface area (Å²) in [6, 6.07) is 2.34. The molecule has 1 atom stereocenters. The number of halogens is 2. The van der Waals surface area contributed by atoms with Crippen molar-refractivity contribution in [2.45, 2.75) is 13.0 Å². The second kappa shape index (κ2) is 7.57. The Bertz CT molecular complexity index is 632. The van der Waals surface area contributed by atoms with Crippen LogP contribution >= 0.6 is 0 Å². The molecule has 0 aliphatic carbocycles. The molecule has 1 heterocycles. The lowest BCUT2D eigenvalue weighted by molar-refractivity contribution is -0.149. The number of hydrogen-bond donors (Lipinski definition) is 1. The highest BCUT2D eigenvalue weighted by atomic mass is 19.1. The highest BCUT2D eigenvalue weighted by molar-refractivity contribution is 5.88. The number of carbonyl (C=O) groups is 2. The van der Waals surface area contributed by atoms with Crippen molar-refractivity contribution in [3.05, 3.63) is 47.4 Å². The van der Waals surface area contributed by atoms with Crippen LogP contribution in [0.5, 0.6) is 0 Å². The molecule has 1 aromatic carbocycles. The van der Waals surface area contributed by atoms with E-state index in [-0.39, 0.29) is 17.9 Å². The zero-order valence-corrected chi connectivity index (χ0v) is 12.3. The Labute approximate surface area is 131 Å². The quantitative estimate of drug-likeness (QED) is 0.831. The van der Waals surface area contributed by atoms with Gasteiger partial charge in [-0.05, 0) is 13.0 Å². The van der Waals surface area contributed by atoms with Crippen molar-refractivity contribution in [3.63, 3.8) is 0 Å². The highest BCUT2D eigenvalue weighted by Gasteiger charge is 2.19. The molecule has 1 N–H and O–H groups in total. The first kappa shape index (κ1) is 16.7. The summed E-state index contributed by atoms with van der Waals surface area (Å²) in [6.07, 6.45) is 1.11. The van der Waals surface area contributed by atoms with E-state index in [1.54, 1.807) is 0 Å². The first-order chi connectivity index (χ1) is 11.0. The van der Waals surface area contributed by atoms with Crippen LogP contribution in [0, 0.1) is 11.6 Å². The summed E-state index contributed by atoms with van der Waals surface area (Å²) < 4.78 is 41.1. The maximum atomic E-state index is 13.6. The van der Waals surface area contributed by atoms with Gasteiger partial charge >= 0.3 is 5.97 Å². The van der Waals surface area contributed by atoms with Crippen LogP contribution in [0.2, 0.25) is 0 Å². The lowest BCUT2D eigenvalue weighted by Gasteiger charge is -2.16. The van der Waals surface area contributed by atoms with Gasteiger partial charge in [-0.2, -0.15) is 0 Å². The van der Waals surface area contributed by atoms with Crippen molar-refractivity contribution in [3.8, 4) is 0 Å². The second-order valence-electron chi connectivity index (χ2n) is 4.73. The summed E-state index contributed by atoms with van der Waals surface area (Å²) in [5.41, 5.74) is 0.123. The normalized spacial score (nSPS) is 14.8. The zero-order valence-electron chi connectivity index (χ0n) is 12.3. The molecule has 23 heavy (non-hydrogen) atoms. The molecular formula is C15H15F2NO5. The highest BCUT2D eigenvalue weighted by Crippen LogP contribution is 2.17. The van der Waals surface area contributed by atoms with Crippen molar-refractivity contribution in [2.24, 2.45) is 0 Å². The smallest absolute Gasteiger partial charge is 0.377 e. The molecule has 0 aromatic heterocycles. The number of carbonyl (C=O) groups excluding carboxylic acids is 2. The molecule has 0 saturated carbocycles. The van der Waals surface area contributed by atoms with Gasteiger partial charge in [-0.25, -0.2) is 13.6 Å². The molecule has 124 valence electrons. The molecule has 0 spiro atoms. The molecule has 1 aliphatic rings. The number of benzene rings is 1. The molecule has 1 aliphatic heterocycles. The average molecular weight is 327 g/mol. The Morgan fingerprint density at radius 1 is 1.35 bits per heavy atom.